The first kappa shape index (κ1) is 26.0. The van der Waals surface area contributed by atoms with Crippen molar-refractivity contribution >= 4 is 10.0 Å². The van der Waals surface area contributed by atoms with E-state index in [4.69, 9.17) is 14.2 Å². The summed E-state index contributed by atoms with van der Waals surface area (Å²) in [6.45, 7) is 5.52. The second-order valence-corrected chi connectivity index (χ2v) is 10.8. The monoisotopic (exact) mass is 510 g/mol. The molecule has 7 nitrogen and oxygen atoms in total. The van der Waals surface area contributed by atoms with Crippen molar-refractivity contribution in [1.29, 1.82) is 0 Å². The standard InChI is InChI=1S/C28H34N2O5S/c1-19-8-6-7-9-22(19)18-30-15-14-21-16-26(34-4)27(35-5)17-25(21)28(30)20(2)29-36(31,32)24-12-10-23(33-3)11-13-24/h6-13,16-17,20,28-29H,14-15,18H2,1-5H3/t20-,28-/m1/s1. The van der Waals surface area contributed by atoms with E-state index in [9.17, 15) is 8.42 Å². The molecule has 192 valence electrons. The molecule has 2 atom stereocenters. The van der Waals surface area contributed by atoms with Crippen molar-refractivity contribution in [3.8, 4) is 17.2 Å². The number of hydrogen-bond acceptors (Lipinski definition) is 6. The SMILES string of the molecule is COc1ccc(S(=O)(=O)N[C@H](C)[C@@H]2c3cc(OC)c(OC)cc3CCN2Cc2ccccc2C)cc1. The minimum absolute atomic E-state index is 0.198. The summed E-state index contributed by atoms with van der Waals surface area (Å²) < 4.78 is 45.9. The molecule has 8 heteroatoms. The number of nitrogens with zero attached hydrogens (tertiary/aromatic N) is 1. The minimum Gasteiger partial charge on any atom is -0.497 e. The third-order valence-electron chi connectivity index (χ3n) is 6.84. The maximum atomic E-state index is 13.3. The number of nitrogens with one attached hydrogen (secondary N) is 1. The van der Waals surface area contributed by atoms with Gasteiger partial charge in [0, 0.05) is 19.1 Å². The number of hydrogen-bond donors (Lipinski definition) is 1. The first-order valence-electron chi connectivity index (χ1n) is 12.0. The summed E-state index contributed by atoms with van der Waals surface area (Å²) in [5, 5.41) is 0. The Morgan fingerprint density at radius 1 is 0.972 bits per heavy atom. The Hall–Kier alpha value is -3.07. The Morgan fingerprint density at radius 2 is 1.64 bits per heavy atom. The van der Waals surface area contributed by atoms with Crippen LogP contribution in [0.1, 0.15) is 35.2 Å². The van der Waals surface area contributed by atoms with E-state index in [2.05, 4.69) is 28.7 Å². The van der Waals surface area contributed by atoms with Gasteiger partial charge in [-0.1, -0.05) is 24.3 Å². The van der Waals surface area contributed by atoms with Crippen LogP contribution in [0.15, 0.2) is 65.6 Å². The molecule has 0 saturated carbocycles. The lowest BCUT2D eigenvalue weighted by Crippen LogP contribution is -2.47. The summed E-state index contributed by atoms with van der Waals surface area (Å²) in [4.78, 5) is 2.54. The molecule has 36 heavy (non-hydrogen) atoms. The first-order chi connectivity index (χ1) is 17.3. The van der Waals surface area contributed by atoms with Crippen LogP contribution in [-0.4, -0.2) is 47.2 Å². The second kappa shape index (κ2) is 10.9. The molecule has 0 aromatic heterocycles. The van der Waals surface area contributed by atoms with Gasteiger partial charge in [-0.05, 0) is 78.9 Å². The van der Waals surface area contributed by atoms with Crippen LogP contribution in [0, 0.1) is 6.92 Å². The van der Waals surface area contributed by atoms with Crippen LogP contribution in [0.25, 0.3) is 0 Å². The molecule has 0 fully saturated rings. The van der Waals surface area contributed by atoms with E-state index in [1.165, 1.54) is 11.1 Å². The fourth-order valence-electron chi connectivity index (χ4n) is 4.93. The smallest absolute Gasteiger partial charge is 0.240 e. The summed E-state index contributed by atoms with van der Waals surface area (Å²) in [5.41, 5.74) is 4.60. The molecule has 3 aromatic rings. The number of fused-ring (bicyclic) bond motifs is 1. The largest absolute Gasteiger partial charge is 0.497 e. The van der Waals surface area contributed by atoms with Gasteiger partial charge in [-0.3, -0.25) is 4.90 Å². The highest BCUT2D eigenvalue weighted by atomic mass is 32.2. The third kappa shape index (κ3) is 5.36. The van der Waals surface area contributed by atoms with Crippen LogP contribution >= 0.6 is 0 Å². The average Bonchev–Trinajstić information content (AvgIpc) is 2.88. The molecule has 0 bridgehead atoms. The van der Waals surface area contributed by atoms with Gasteiger partial charge in [0.2, 0.25) is 10.0 Å². The van der Waals surface area contributed by atoms with Crippen LogP contribution in [0.2, 0.25) is 0 Å². The minimum atomic E-state index is -3.76. The van der Waals surface area contributed by atoms with Crippen molar-refractivity contribution in [1.82, 2.24) is 9.62 Å². The molecule has 0 spiro atoms. The van der Waals surface area contributed by atoms with Gasteiger partial charge in [0.25, 0.3) is 0 Å². The molecular weight excluding hydrogens is 476 g/mol. The van der Waals surface area contributed by atoms with Gasteiger partial charge >= 0.3 is 0 Å². The van der Waals surface area contributed by atoms with E-state index in [0.717, 1.165) is 24.1 Å². The Balaban J connectivity index is 1.72. The van der Waals surface area contributed by atoms with E-state index < -0.39 is 16.1 Å². The van der Waals surface area contributed by atoms with Crippen molar-refractivity contribution in [3.63, 3.8) is 0 Å². The Morgan fingerprint density at radius 3 is 2.28 bits per heavy atom. The number of aryl methyl sites for hydroxylation is 1. The molecule has 1 aliphatic heterocycles. The number of rotatable bonds is 9. The van der Waals surface area contributed by atoms with E-state index >= 15 is 0 Å². The number of sulfonamides is 1. The summed E-state index contributed by atoms with van der Waals surface area (Å²) in [6.07, 6.45) is 0.829. The van der Waals surface area contributed by atoms with Gasteiger partial charge in [-0.15, -0.1) is 0 Å². The molecule has 4 rings (SSSR count). The highest BCUT2D eigenvalue weighted by Gasteiger charge is 2.35. The van der Waals surface area contributed by atoms with E-state index in [-0.39, 0.29) is 10.9 Å². The molecule has 0 saturated heterocycles. The predicted molar refractivity (Wildman–Crippen MR) is 140 cm³/mol. The van der Waals surface area contributed by atoms with Gasteiger partial charge in [0.1, 0.15) is 5.75 Å². The molecule has 3 aromatic carbocycles. The first-order valence-corrected chi connectivity index (χ1v) is 13.5. The maximum absolute atomic E-state index is 13.3. The van der Waals surface area contributed by atoms with Crippen LogP contribution in [-0.2, 0) is 23.0 Å². The zero-order valence-corrected chi connectivity index (χ0v) is 22.3. The third-order valence-corrected chi connectivity index (χ3v) is 8.42. The van der Waals surface area contributed by atoms with Crippen LogP contribution in [0.5, 0.6) is 17.2 Å². The molecule has 0 unspecified atom stereocenters. The Bertz CT molecular complexity index is 1310. The number of benzene rings is 3. The van der Waals surface area contributed by atoms with Gasteiger partial charge in [0.15, 0.2) is 11.5 Å². The average molecular weight is 511 g/mol. The predicted octanol–water partition coefficient (Wildman–Crippen LogP) is 4.49. The number of ether oxygens (including phenoxy) is 3. The van der Waals surface area contributed by atoms with Crippen molar-refractivity contribution in [2.24, 2.45) is 0 Å². The van der Waals surface area contributed by atoms with Crippen molar-refractivity contribution in [2.75, 3.05) is 27.9 Å². The van der Waals surface area contributed by atoms with Gasteiger partial charge in [-0.2, -0.15) is 0 Å². The molecular formula is C28H34N2O5S. The molecule has 0 amide bonds. The van der Waals surface area contributed by atoms with Gasteiger partial charge in [-0.25, -0.2) is 13.1 Å². The van der Waals surface area contributed by atoms with Crippen molar-refractivity contribution < 1.29 is 22.6 Å². The summed E-state index contributed by atoms with van der Waals surface area (Å²) >= 11 is 0. The normalized spacial score (nSPS) is 16.8. The van der Waals surface area contributed by atoms with Gasteiger partial charge < -0.3 is 14.2 Å². The Labute approximate surface area is 214 Å². The zero-order chi connectivity index (χ0) is 25.9. The van der Waals surface area contributed by atoms with E-state index in [0.29, 0.717) is 23.8 Å². The zero-order valence-electron chi connectivity index (χ0n) is 21.4. The van der Waals surface area contributed by atoms with Crippen molar-refractivity contribution in [2.45, 2.75) is 43.8 Å². The molecule has 0 aliphatic carbocycles. The van der Waals surface area contributed by atoms with Crippen LogP contribution < -0.4 is 18.9 Å². The van der Waals surface area contributed by atoms with Gasteiger partial charge in [0.05, 0.1) is 32.3 Å². The lowest BCUT2D eigenvalue weighted by Gasteiger charge is -2.41. The topological polar surface area (TPSA) is 77.1 Å². The molecule has 1 N–H and O–H groups in total. The van der Waals surface area contributed by atoms with Crippen LogP contribution in [0.3, 0.4) is 0 Å². The second-order valence-electron chi connectivity index (χ2n) is 9.08. The van der Waals surface area contributed by atoms with E-state index in [1.807, 2.05) is 31.2 Å². The fourth-order valence-corrected chi connectivity index (χ4v) is 6.18. The highest BCUT2D eigenvalue weighted by molar-refractivity contribution is 7.89. The lowest BCUT2D eigenvalue weighted by atomic mass is 9.88. The Kier molecular flexibility index (Phi) is 7.88. The quantitative estimate of drug-likeness (QED) is 0.457. The summed E-state index contributed by atoms with van der Waals surface area (Å²) in [5.74, 6) is 1.91. The number of methoxy groups -OCH3 is 3. The fraction of sp³-hybridized carbons (Fsp3) is 0.357. The molecule has 0 radical (unpaired) electrons. The molecule has 1 heterocycles. The highest BCUT2D eigenvalue weighted by Crippen LogP contribution is 2.40. The summed E-state index contributed by atoms with van der Waals surface area (Å²) in [6, 6.07) is 18.1. The maximum Gasteiger partial charge on any atom is 0.240 e. The van der Waals surface area contributed by atoms with Crippen LogP contribution in [0.4, 0.5) is 0 Å². The van der Waals surface area contributed by atoms with E-state index in [1.54, 1.807) is 45.6 Å². The molecule has 1 aliphatic rings. The summed E-state index contributed by atoms with van der Waals surface area (Å²) in [7, 11) is 1.03. The van der Waals surface area contributed by atoms with Crippen molar-refractivity contribution in [3.05, 3.63) is 82.9 Å². The lowest BCUT2D eigenvalue weighted by molar-refractivity contribution is 0.150.